The molecular formula is C13H19N. The predicted molar refractivity (Wildman–Crippen MR) is 63.2 cm³/mol. The van der Waals surface area contributed by atoms with Crippen LogP contribution in [0.5, 0.6) is 0 Å². The van der Waals surface area contributed by atoms with Crippen LogP contribution in [0.1, 0.15) is 25.0 Å². The summed E-state index contributed by atoms with van der Waals surface area (Å²) in [7, 11) is 2.14. The van der Waals surface area contributed by atoms with Crippen LogP contribution >= 0.6 is 0 Å². The van der Waals surface area contributed by atoms with E-state index in [1.807, 2.05) is 6.92 Å². The third kappa shape index (κ3) is 3.35. The van der Waals surface area contributed by atoms with Crippen LogP contribution < -0.4 is 0 Å². The molecule has 0 heterocycles. The Balaban J connectivity index is 2.73. The number of benzene rings is 1. The summed E-state index contributed by atoms with van der Waals surface area (Å²) in [6, 6.07) is 8.68. The van der Waals surface area contributed by atoms with Crippen LogP contribution in [-0.4, -0.2) is 18.5 Å². The Bertz CT molecular complexity index is 302. The normalized spacial score (nSPS) is 11.4. The molecule has 0 radical (unpaired) electrons. The number of hydrogen-bond acceptors (Lipinski definition) is 1. The Morgan fingerprint density at radius 2 is 2.14 bits per heavy atom. The first-order valence-corrected chi connectivity index (χ1v) is 5.16. The standard InChI is InChI=1S/C13H19N/c1-4-7-12-8-6-9-13(10-12)11-14(3)5-2/h4,6-10H,5,11H2,1-3H3/b7-4+. The minimum absolute atomic E-state index is 1.03. The van der Waals surface area contributed by atoms with Crippen molar-refractivity contribution in [3.63, 3.8) is 0 Å². The van der Waals surface area contributed by atoms with E-state index in [0.29, 0.717) is 0 Å². The number of hydrogen-bond donors (Lipinski definition) is 0. The van der Waals surface area contributed by atoms with Crippen LogP contribution in [0.4, 0.5) is 0 Å². The van der Waals surface area contributed by atoms with E-state index in [2.05, 4.69) is 55.3 Å². The Kier molecular flexibility index (Phi) is 4.41. The average Bonchev–Trinajstić information content (AvgIpc) is 2.19. The summed E-state index contributed by atoms with van der Waals surface area (Å²) < 4.78 is 0. The molecule has 0 N–H and O–H groups in total. The van der Waals surface area contributed by atoms with E-state index in [1.165, 1.54) is 11.1 Å². The maximum atomic E-state index is 2.30. The highest BCUT2D eigenvalue weighted by Crippen LogP contribution is 2.08. The zero-order valence-electron chi connectivity index (χ0n) is 9.33. The van der Waals surface area contributed by atoms with E-state index in [4.69, 9.17) is 0 Å². The van der Waals surface area contributed by atoms with Gasteiger partial charge in [0.25, 0.3) is 0 Å². The second kappa shape index (κ2) is 5.61. The first-order valence-electron chi connectivity index (χ1n) is 5.16. The first-order chi connectivity index (χ1) is 6.76. The van der Waals surface area contributed by atoms with E-state index in [9.17, 15) is 0 Å². The Morgan fingerprint density at radius 1 is 1.36 bits per heavy atom. The molecular weight excluding hydrogens is 170 g/mol. The topological polar surface area (TPSA) is 3.24 Å². The van der Waals surface area contributed by atoms with E-state index < -0.39 is 0 Å². The molecule has 1 aromatic rings. The van der Waals surface area contributed by atoms with Crippen molar-refractivity contribution >= 4 is 6.08 Å². The van der Waals surface area contributed by atoms with Gasteiger partial charge < -0.3 is 4.90 Å². The molecule has 0 fully saturated rings. The molecule has 14 heavy (non-hydrogen) atoms. The lowest BCUT2D eigenvalue weighted by molar-refractivity contribution is 0.346. The van der Waals surface area contributed by atoms with Gasteiger partial charge in [0.1, 0.15) is 0 Å². The van der Waals surface area contributed by atoms with Crippen molar-refractivity contribution in [3.8, 4) is 0 Å². The molecule has 0 saturated carbocycles. The van der Waals surface area contributed by atoms with Crippen molar-refractivity contribution < 1.29 is 0 Å². The lowest BCUT2D eigenvalue weighted by Gasteiger charge is -2.13. The third-order valence-electron chi connectivity index (χ3n) is 2.30. The Morgan fingerprint density at radius 3 is 2.79 bits per heavy atom. The van der Waals surface area contributed by atoms with Crippen LogP contribution in [0.2, 0.25) is 0 Å². The van der Waals surface area contributed by atoms with Gasteiger partial charge in [-0.1, -0.05) is 43.3 Å². The van der Waals surface area contributed by atoms with Crippen molar-refractivity contribution in [1.82, 2.24) is 4.90 Å². The molecule has 0 bridgehead atoms. The monoisotopic (exact) mass is 189 g/mol. The minimum atomic E-state index is 1.03. The summed E-state index contributed by atoms with van der Waals surface area (Å²) in [5, 5.41) is 0. The van der Waals surface area contributed by atoms with Crippen LogP contribution in [0.3, 0.4) is 0 Å². The summed E-state index contributed by atoms with van der Waals surface area (Å²) >= 11 is 0. The number of allylic oxidation sites excluding steroid dienone is 1. The SMILES string of the molecule is C/C=C/c1cccc(CN(C)CC)c1. The highest BCUT2D eigenvalue weighted by atomic mass is 15.1. The zero-order valence-corrected chi connectivity index (χ0v) is 9.33. The highest BCUT2D eigenvalue weighted by molar-refractivity contribution is 5.49. The van der Waals surface area contributed by atoms with Crippen molar-refractivity contribution in [2.75, 3.05) is 13.6 Å². The van der Waals surface area contributed by atoms with Gasteiger partial charge in [0.05, 0.1) is 0 Å². The number of nitrogens with zero attached hydrogens (tertiary/aromatic N) is 1. The Hall–Kier alpha value is -1.08. The van der Waals surface area contributed by atoms with Crippen LogP contribution in [0.15, 0.2) is 30.3 Å². The van der Waals surface area contributed by atoms with Crippen LogP contribution in [0.25, 0.3) is 6.08 Å². The summed E-state index contributed by atoms with van der Waals surface area (Å²) in [5.74, 6) is 0. The van der Waals surface area contributed by atoms with Crippen molar-refractivity contribution in [3.05, 3.63) is 41.5 Å². The van der Waals surface area contributed by atoms with E-state index in [0.717, 1.165) is 13.1 Å². The molecule has 0 aliphatic heterocycles. The maximum absolute atomic E-state index is 2.30. The van der Waals surface area contributed by atoms with Crippen molar-refractivity contribution in [2.24, 2.45) is 0 Å². The van der Waals surface area contributed by atoms with Gasteiger partial charge in [-0.15, -0.1) is 0 Å². The van der Waals surface area contributed by atoms with Crippen LogP contribution in [-0.2, 0) is 6.54 Å². The second-order valence-corrected chi connectivity index (χ2v) is 3.58. The molecule has 0 aliphatic rings. The molecule has 0 spiro atoms. The zero-order chi connectivity index (χ0) is 10.4. The Labute approximate surface area is 87.1 Å². The van der Waals surface area contributed by atoms with Gasteiger partial charge in [0.2, 0.25) is 0 Å². The molecule has 1 aromatic carbocycles. The summed E-state index contributed by atoms with van der Waals surface area (Å²) in [6.45, 7) is 6.34. The molecule has 1 rings (SSSR count). The summed E-state index contributed by atoms with van der Waals surface area (Å²) in [5.41, 5.74) is 2.67. The van der Waals surface area contributed by atoms with Gasteiger partial charge in [-0.25, -0.2) is 0 Å². The molecule has 0 aliphatic carbocycles. The quantitative estimate of drug-likeness (QED) is 0.703. The van der Waals surface area contributed by atoms with E-state index >= 15 is 0 Å². The average molecular weight is 189 g/mol. The lowest BCUT2D eigenvalue weighted by Crippen LogP contribution is -2.16. The van der Waals surface area contributed by atoms with E-state index in [-0.39, 0.29) is 0 Å². The summed E-state index contributed by atoms with van der Waals surface area (Å²) in [6.07, 6.45) is 4.21. The smallest absolute Gasteiger partial charge is 0.0230 e. The minimum Gasteiger partial charge on any atom is -0.302 e. The fourth-order valence-corrected chi connectivity index (χ4v) is 1.41. The molecule has 76 valence electrons. The molecule has 0 aromatic heterocycles. The van der Waals surface area contributed by atoms with Gasteiger partial charge >= 0.3 is 0 Å². The van der Waals surface area contributed by atoms with Gasteiger partial charge in [0, 0.05) is 6.54 Å². The maximum Gasteiger partial charge on any atom is 0.0230 e. The fourth-order valence-electron chi connectivity index (χ4n) is 1.41. The number of rotatable bonds is 4. The largest absolute Gasteiger partial charge is 0.302 e. The molecule has 0 amide bonds. The molecule has 0 unspecified atom stereocenters. The van der Waals surface area contributed by atoms with Gasteiger partial charge in [0.15, 0.2) is 0 Å². The molecule has 1 heteroatoms. The highest BCUT2D eigenvalue weighted by Gasteiger charge is 1.97. The van der Waals surface area contributed by atoms with Gasteiger partial charge in [-0.3, -0.25) is 0 Å². The third-order valence-corrected chi connectivity index (χ3v) is 2.30. The molecule has 1 nitrogen and oxygen atoms in total. The van der Waals surface area contributed by atoms with Gasteiger partial charge in [-0.05, 0) is 31.6 Å². The molecule has 0 atom stereocenters. The molecule has 0 saturated heterocycles. The van der Waals surface area contributed by atoms with Gasteiger partial charge in [-0.2, -0.15) is 0 Å². The second-order valence-electron chi connectivity index (χ2n) is 3.58. The first kappa shape index (κ1) is 11.0. The predicted octanol–water partition coefficient (Wildman–Crippen LogP) is 3.17. The van der Waals surface area contributed by atoms with Crippen LogP contribution in [0, 0.1) is 0 Å². The van der Waals surface area contributed by atoms with Crippen molar-refractivity contribution in [1.29, 1.82) is 0 Å². The fraction of sp³-hybridized carbons (Fsp3) is 0.385. The summed E-state index contributed by atoms with van der Waals surface area (Å²) in [4.78, 5) is 2.30. The van der Waals surface area contributed by atoms with Crippen molar-refractivity contribution in [2.45, 2.75) is 20.4 Å². The van der Waals surface area contributed by atoms with E-state index in [1.54, 1.807) is 0 Å². The lowest BCUT2D eigenvalue weighted by atomic mass is 10.1.